The van der Waals surface area contributed by atoms with Crippen LogP contribution in [-0.4, -0.2) is 25.0 Å². The molecule has 1 N–H and O–H groups in total. The molecule has 0 aromatic carbocycles. The first kappa shape index (κ1) is 13.4. The average molecular weight is 210 g/mol. The second-order valence-corrected chi connectivity index (χ2v) is 2.89. The molecular weight excluding hydrogens is 192 g/mol. The molecule has 0 aliphatic carbocycles. The van der Waals surface area contributed by atoms with E-state index in [9.17, 15) is 4.79 Å². The lowest BCUT2D eigenvalue weighted by atomic mass is 10.3. The molecule has 0 spiro atoms. The van der Waals surface area contributed by atoms with Gasteiger partial charge >= 0.3 is 5.97 Å². The van der Waals surface area contributed by atoms with Gasteiger partial charge in [0.25, 0.3) is 0 Å². The van der Waals surface area contributed by atoms with Crippen LogP contribution in [0.3, 0.4) is 0 Å². The summed E-state index contributed by atoms with van der Waals surface area (Å²) in [5.74, 6) is 0.264. The Morgan fingerprint density at radius 1 is 1.60 bits per heavy atom. The zero-order chi connectivity index (χ0) is 11.7. The van der Waals surface area contributed by atoms with Crippen LogP contribution in [0.2, 0.25) is 0 Å². The summed E-state index contributed by atoms with van der Waals surface area (Å²) < 4.78 is 4.76. The third-order valence-electron chi connectivity index (χ3n) is 1.46. The summed E-state index contributed by atoms with van der Waals surface area (Å²) in [6, 6.07) is 0. The Bertz CT molecular complexity index is 280. The Kier molecular flexibility index (Phi) is 6.97. The monoisotopic (exact) mass is 210 g/mol. The predicted octanol–water partition coefficient (Wildman–Crippen LogP) is 1.65. The highest BCUT2D eigenvalue weighted by Crippen LogP contribution is 1.91. The minimum atomic E-state index is -0.335. The second kappa shape index (κ2) is 7.79. The Labute approximate surface area is 90.7 Å². The van der Waals surface area contributed by atoms with Crippen LogP contribution in [-0.2, 0) is 9.53 Å². The molecule has 4 heteroatoms. The summed E-state index contributed by atoms with van der Waals surface area (Å²) in [7, 11) is 0. The van der Waals surface area contributed by atoms with Crippen LogP contribution in [0.1, 0.15) is 20.8 Å². The fourth-order valence-corrected chi connectivity index (χ4v) is 0.816. The van der Waals surface area contributed by atoms with Crippen molar-refractivity contribution in [3.8, 4) is 0 Å². The maximum atomic E-state index is 11.0. The van der Waals surface area contributed by atoms with Gasteiger partial charge in [0.1, 0.15) is 12.4 Å². The lowest BCUT2D eigenvalue weighted by Gasteiger charge is -2.05. The van der Waals surface area contributed by atoms with Gasteiger partial charge in [0.2, 0.25) is 0 Å². The van der Waals surface area contributed by atoms with Crippen molar-refractivity contribution in [2.24, 2.45) is 4.99 Å². The highest BCUT2D eigenvalue weighted by Gasteiger charge is 2.01. The lowest BCUT2D eigenvalue weighted by Crippen LogP contribution is -2.20. The smallest absolute Gasteiger partial charge is 0.327 e. The van der Waals surface area contributed by atoms with E-state index >= 15 is 0 Å². The quantitative estimate of drug-likeness (QED) is 0.426. The molecule has 4 nitrogen and oxygen atoms in total. The molecule has 0 unspecified atom stereocenters. The summed E-state index contributed by atoms with van der Waals surface area (Å²) in [4.78, 5) is 15.1. The molecule has 0 atom stereocenters. The molecule has 0 rings (SSSR count). The van der Waals surface area contributed by atoms with E-state index < -0.39 is 0 Å². The van der Waals surface area contributed by atoms with Gasteiger partial charge < -0.3 is 10.1 Å². The molecule has 0 heterocycles. The van der Waals surface area contributed by atoms with Crippen LogP contribution < -0.4 is 5.32 Å². The number of amidine groups is 1. The number of nitrogens with one attached hydrogen (secondary N) is 1. The number of hydrogen-bond donors (Lipinski definition) is 1. The zero-order valence-corrected chi connectivity index (χ0v) is 9.54. The number of carbonyl (C=O) groups is 1. The normalized spacial score (nSPS) is 11.5. The summed E-state index contributed by atoms with van der Waals surface area (Å²) in [5.41, 5.74) is 0.775. The van der Waals surface area contributed by atoms with E-state index in [1.165, 1.54) is 0 Å². The summed E-state index contributed by atoms with van der Waals surface area (Å²) in [6.07, 6.45) is 3.57. The number of carbonyl (C=O) groups excluding carboxylic acids is 1. The van der Waals surface area contributed by atoms with Gasteiger partial charge in [-0.15, -0.1) is 0 Å². The van der Waals surface area contributed by atoms with E-state index in [0.29, 0.717) is 12.4 Å². The topological polar surface area (TPSA) is 50.7 Å². The first-order valence-corrected chi connectivity index (χ1v) is 4.85. The van der Waals surface area contributed by atoms with Crippen LogP contribution in [0.15, 0.2) is 29.4 Å². The van der Waals surface area contributed by atoms with Gasteiger partial charge in [-0.1, -0.05) is 12.7 Å². The lowest BCUT2D eigenvalue weighted by molar-refractivity contribution is -0.141. The zero-order valence-electron chi connectivity index (χ0n) is 9.54. The van der Waals surface area contributed by atoms with E-state index in [4.69, 9.17) is 4.74 Å². The predicted molar refractivity (Wildman–Crippen MR) is 61.7 cm³/mol. The number of ether oxygens (including phenoxy) is 1. The van der Waals surface area contributed by atoms with Crippen molar-refractivity contribution in [1.29, 1.82) is 0 Å². The molecule has 0 saturated heterocycles. The van der Waals surface area contributed by atoms with Gasteiger partial charge in [0, 0.05) is 0 Å². The summed E-state index contributed by atoms with van der Waals surface area (Å²) in [5, 5.41) is 2.93. The van der Waals surface area contributed by atoms with Gasteiger partial charge in [-0.3, -0.25) is 9.79 Å². The SMILES string of the molecule is C=C(C)C(=NCC(=O)OCC)N/C=C\C. The molecule has 0 aromatic heterocycles. The Morgan fingerprint density at radius 3 is 2.73 bits per heavy atom. The van der Waals surface area contributed by atoms with E-state index in [2.05, 4.69) is 16.9 Å². The van der Waals surface area contributed by atoms with E-state index in [-0.39, 0.29) is 12.5 Å². The van der Waals surface area contributed by atoms with Crippen LogP contribution >= 0.6 is 0 Å². The van der Waals surface area contributed by atoms with Crippen LogP contribution in [0, 0.1) is 0 Å². The number of aliphatic imine (C=N–C) groups is 1. The van der Waals surface area contributed by atoms with Crippen molar-refractivity contribution in [1.82, 2.24) is 5.32 Å². The van der Waals surface area contributed by atoms with Gasteiger partial charge in [0.05, 0.1) is 6.61 Å². The van der Waals surface area contributed by atoms with E-state index in [0.717, 1.165) is 5.57 Å². The van der Waals surface area contributed by atoms with Crippen molar-refractivity contribution in [2.45, 2.75) is 20.8 Å². The molecular formula is C11H18N2O2. The molecule has 0 aliphatic heterocycles. The third-order valence-corrected chi connectivity index (χ3v) is 1.46. The maximum Gasteiger partial charge on any atom is 0.327 e. The van der Waals surface area contributed by atoms with Crippen molar-refractivity contribution < 1.29 is 9.53 Å². The van der Waals surface area contributed by atoms with Crippen molar-refractivity contribution >= 4 is 11.8 Å². The molecule has 0 radical (unpaired) electrons. The number of esters is 1. The van der Waals surface area contributed by atoms with Gasteiger partial charge in [-0.2, -0.15) is 0 Å². The summed E-state index contributed by atoms with van der Waals surface area (Å²) in [6.45, 7) is 9.61. The van der Waals surface area contributed by atoms with Gasteiger partial charge in [0.15, 0.2) is 0 Å². The highest BCUT2D eigenvalue weighted by molar-refractivity contribution is 5.98. The molecule has 0 amide bonds. The van der Waals surface area contributed by atoms with E-state index in [1.54, 1.807) is 13.1 Å². The largest absolute Gasteiger partial charge is 0.465 e. The third kappa shape index (κ3) is 6.49. The van der Waals surface area contributed by atoms with Crippen LogP contribution in [0.25, 0.3) is 0 Å². The Morgan fingerprint density at radius 2 is 2.27 bits per heavy atom. The molecule has 0 bridgehead atoms. The number of nitrogens with zero attached hydrogens (tertiary/aromatic N) is 1. The minimum Gasteiger partial charge on any atom is -0.465 e. The Hall–Kier alpha value is -1.58. The summed E-state index contributed by atoms with van der Waals surface area (Å²) >= 11 is 0. The first-order valence-electron chi connectivity index (χ1n) is 4.85. The van der Waals surface area contributed by atoms with Crippen molar-refractivity contribution in [2.75, 3.05) is 13.2 Å². The molecule has 0 fully saturated rings. The fraction of sp³-hybridized carbons (Fsp3) is 0.455. The molecule has 0 aromatic rings. The molecule has 84 valence electrons. The Balaban J connectivity index is 4.29. The van der Waals surface area contributed by atoms with Crippen molar-refractivity contribution in [3.05, 3.63) is 24.4 Å². The van der Waals surface area contributed by atoms with Crippen LogP contribution in [0.4, 0.5) is 0 Å². The number of allylic oxidation sites excluding steroid dienone is 1. The average Bonchev–Trinajstić information content (AvgIpc) is 2.17. The highest BCUT2D eigenvalue weighted by atomic mass is 16.5. The number of rotatable bonds is 5. The minimum absolute atomic E-state index is 0.0145. The second-order valence-electron chi connectivity index (χ2n) is 2.89. The van der Waals surface area contributed by atoms with Gasteiger partial charge in [-0.25, -0.2) is 0 Å². The maximum absolute atomic E-state index is 11.0. The van der Waals surface area contributed by atoms with E-state index in [1.807, 2.05) is 19.9 Å². The molecule has 0 saturated carbocycles. The fourth-order valence-electron chi connectivity index (χ4n) is 0.816. The van der Waals surface area contributed by atoms with Crippen LogP contribution in [0.5, 0.6) is 0 Å². The number of hydrogen-bond acceptors (Lipinski definition) is 3. The standard InChI is InChI=1S/C11H18N2O2/c1-5-7-12-11(9(3)4)13-8-10(14)15-6-2/h5,7H,3,6,8H2,1-2,4H3,(H,12,13)/b7-5-. The van der Waals surface area contributed by atoms with Crippen molar-refractivity contribution in [3.63, 3.8) is 0 Å². The molecule has 0 aliphatic rings. The first-order chi connectivity index (χ1) is 7.11. The van der Waals surface area contributed by atoms with Gasteiger partial charge in [-0.05, 0) is 32.5 Å². The molecule has 15 heavy (non-hydrogen) atoms.